The summed E-state index contributed by atoms with van der Waals surface area (Å²) in [5.41, 5.74) is 3.89. The molecule has 5 aromatic rings. The minimum Gasteiger partial charge on any atom is -0.488 e. The van der Waals surface area contributed by atoms with E-state index in [9.17, 15) is 31.5 Å². The lowest BCUT2D eigenvalue weighted by Gasteiger charge is -2.23. The topological polar surface area (TPSA) is 65.1 Å². The van der Waals surface area contributed by atoms with Gasteiger partial charge in [0, 0.05) is 12.3 Å². The van der Waals surface area contributed by atoms with Gasteiger partial charge in [-0.25, -0.2) is 22.8 Å². The monoisotopic (exact) mass is 645 g/mol. The largest absolute Gasteiger partial charge is 0.488 e. The molecule has 47 heavy (non-hydrogen) atoms. The summed E-state index contributed by atoms with van der Waals surface area (Å²) in [4.78, 5) is 27.9. The van der Waals surface area contributed by atoms with Gasteiger partial charge in [0.05, 0.1) is 6.54 Å². The Kier molecular flexibility index (Phi) is 7.75. The molecule has 11 heteroatoms. The number of fused-ring (bicyclic) bond motifs is 4. The number of rotatable bonds is 6. The Labute approximate surface area is 264 Å². The molecule has 1 saturated heterocycles. The van der Waals surface area contributed by atoms with Crippen LogP contribution in [-0.4, -0.2) is 42.3 Å². The van der Waals surface area contributed by atoms with Crippen LogP contribution in [0.2, 0.25) is 0 Å². The number of hydrogen-bond donors (Lipinski definition) is 0. The first kappa shape index (κ1) is 30.2. The van der Waals surface area contributed by atoms with E-state index in [1.54, 1.807) is 12.1 Å². The minimum atomic E-state index is -2.40. The first-order valence-electron chi connectivity index (χ1n) is 14.7. The van der Waals surface area contributed by atoms with Gasteiger partial charge in [-0.3, -0.25) is 4.90 Å². The summed E-state index contributed by atoms with van der Waals surface area (Å²) in [7, 11) is 0. The highest BCUT2D eigenvalue weighted by Crippen LogP contribution is 2.44. The molecule has 0 radical (unpaired) electrons. The van der Waals surface area contributed by atoms with E-state index in [2.05, 4.69) is 0 Å². The molecule has 0 unspecified atom stereocenters. The molecule has 2 atom stereocenters. The fourth-order valence-corrected chi connectivity index (χ4v) is 6.26. The Morgan fingerprint density at radius 2 is 1.28 bits per heavy atom. The predicted octanol–water partition coefficient (Wildman–Crippen LogP) is 7.91. The molecular weight excluding hydrogens is 621 g/mol. The van der Waals surface area contributed by atoms with Crippen LogP contribution in [-0.2, 0) is 9.53 Å². The van der Waals surface area contributed by atoms with Gasteiger partial charge in [0.1, 0.15) is 24.5 Å². The lowest BCUT2D eigenvalue weighted by Crippen LogP contribution is -2.43. The van der Waals surface area contributed by atoms with Gasteiger partial charge in [-0.2, -0.15) is 8.78 Å². The van der Waals surface area contributed by atoms with Gasteiger partial charge < -0.3 is 14.2 Å². The Balaban J connectivity index is 1.14. The molecule has 6 nitrogen and oxygen atoms in total. The summed E-state index contributed by atoms with van der Waals surface area (Å²) >= 11 is 0. The van der Waals surface area contributed by atoms with E-state index < -0.39 is 59.0 Å². The quantitative estimate of drug-likeness (QED) is 0.0618. The molecule has 0 N–H and O–H groups in total. The number of carbonyl (C=O) groups excluding carboxylic acids is 2. The summed E-state index contributed by atoms with van der Waals surface area (Å²) in [6.45, 7) is -0.292. The molecule has 1 heterocycles. The van der Waals surface area contributed by atoms with Crippen LogP contribution >= 0.6 is 0 Å². The number of halogens is 5. The molecular formula is C36H24F5NO5. The van der Waals surface area contributed by atoms with Gasteiger partial charge >= 0.3 is 12.1 Å². The third-order valence-electron chi connectivity index (χ3n) is 8.50. The molecule has 0 bridgehead atoms. The van der Waals surface area contributed by atoms with E-state index >= 15 is 0 Å². The van der Waals surface area contributed by atoms with E-state index in [-0.39, 0.29) is 25.5 Å². The smallest absolute Gasteiger partial charge is 0.410 e. The molecule has 2 aliphatic rings. The Morgan fingerprint density at radius 3 is 1.94 bits per heavy atom. The minimum absolute atomic E-state index is 0.0982. The van der Waals surface area contributed by atoms with Crippen LogP contribution in [0.4, 0.5) is 26.7 Å². The number of amides is 1. The normalized spacial score (nSPS) is 17.0. The average Bonchev–Trinajstić information content (AvgIpc) is 3.66. The highest BCUT2D eigenvalue weighted by Gasteiger charge is 2.44. The van der Waals surface area contributed by atoms with Crippen LogP contribution in [0.1, 0.15) is 23.5 Å². The van der Waals surface area contributed by atoms with Crippen LogP contribution in [0.3, 0.4) is 0 Å². The van der Waals surface area contributed by atoms with Gasteiger partial charge in [0.25, 0.3) is 0 Å². The maximum Gasteiger partial charge on any atom is 0.410 e. The first-order chi connectivity index (χ1) is 22.7. The lowest BCUT2D eigenvalue weighted by molar-refractivity contribution is -0.139. The highest BCUT2D eigenvalue weighted by atomic mass is 19.2. The molecule has 1 aliphatic carbocycles. The molecule has 5 aromatic carbocycles. The Bertz CT molecular complexity index is 1980. The maximum absolute atomic E-state index is 14.4. The molecule has 1 aliphatic heterocycles. The predicted molar refractivity (Wildman–Crippen MR) is 160 cm³/mol. The molecule has 0 spiro atoms. The molecule has 1 fully saturated rings. The summed E-state index contributed by atoms with van der Waals surface area (Å²) in [5, 5.41) is 1.83. The van der Waals surface area contributed by atoms with Crippen LogP contribution in [0.5, 0.6) is 11.5 Å². The number of ether oxygens (including phenoxy) is 3. The van der Waals surface area contributed by atoms with Crippen molar-refractivity contribution in [3.63, 3.8) is 0 Å². The van der Waals surface area contributed by atoms with Gasteiger partial charge in [0.2, 0.25) is 34.8 Å². The van der Waals surface area contributed by atoms with E-state index in [1.165, 1.54) is 0 Å². The maximum atomic E-state index is 14.4. The molecule has 0 saturated carbocycles. The van der Waals surface area contributed by atoms with Crippen LogP contribution in [0.25, 0.3) is 21.9 Å². The van der Waals surface area contributed by atoms with Crippen molar-refractivity contribution < 1.29 is 45.8 Å². The number of carbonyl (C=O) groups is 2. The molecule has 7 rings (SSSR count). The van der Waals surface area contributed by atoms with E-state index in [1.807, 2.05) is 78.9 Å². The number of likely N-dealkylation sites (tertiary alicyclic amines) is 1. The van der Waals surface area contributed by atoms with Gasteiger partial charge in [-0.1, -0.05) is 78.9 Å². The SMILES string of the molecule is O=C(Oc1c(F)c(F)c(F)c(F)c1F)[C@@H]1C[C@H](Oc2ccc3ccccc3c2)CN1C(=O)OCC1c2ccccc2-c2ccccc21. The van der Waals surface area contributed by atoms with Gasteiger partial charge in [0.15, 0.2) is 0 Å². The van der Waals surface area contributed by atoms with E-state index in [0.29, 0.717) is 5.75 Å². The zero-order valence-electron chi connectivity index (χ0n) is 24.4. The summed E-state index contributed by atoms with van der Waals surface area (Å²) < 4.78 is 86.7. The van der Waals surface area contributed by atoms with Crippen molar-refractivity contribution in [3.05, 3.63) is 131 Å². The highest BCUT2D eigenvalue weighted by molar-refractivity contribution is 5.85. The fraction of sp³-hybridized carbons (Fsp3) is 0.167. The van der Waals surface area contributed by atoms with Crippen LogP contribution in [0.15, 0.2) is 91.0 Å². The van der Waals surface area contributed by atoms with Crippen molar-refractivity contribution in [3.8, 4) is 22.6 Å². The fourth-order valence-electron chi connectivity index (χ4n) is 6.26. The van der Waals surface area contributed by atoms with Crippen molar-refractivity contribution >= 4 is 22.8 Å². The van der Waals surface area contributed by atoms with Crippen LogP contribution < -0.4 is 9.47 Å². The van der Waals surface area contributed by atoms with E-state index in [4.69, 9.17) is 14.2 Å². The lowest BCUT2D eigenvalue weighted by atomic mass is 9.98. The Morgan fingerprint density at radius 1 is 0.702 bits per heavy atom. The number of benzene rings is 5. The summed E-state index contributed by atoms with van der Waals surface area (Å²) in [6.07, 6.45) is -1.98. The second-order valence-corrected chi connectivity index (χ2v) is 11.3. The van der Waals surface area contributed by atoms with Crippen molar-refractivity contribution in [2.45, 2.75) is 24.5 Å². The van der Waals surface area contributed by atoms with Crippen molar-refractivity contribution in [2.24, 2.45) is 0 Å². The summed E-state index contributed by atoms with van der Waals surface area (Å²) in [6, 6.07) is 26.7. The first-order valence-corrected chi connectivity index (χ1v) is 14.7. The van der Waals surface area contributed by atoms with Gasteiger partial charge in [-0.15, -0.1) is 0 Å². The second kappa shape index (κ2) is 12.1. The number of nitrogens with zero attached hydrogens (tertiary/aromatic N) is 1. The van der Waals surface area contributed by atoms with Gasteiger partial charge in [-0.05, 0) is 45.2 Å². The summed E-state index contributed by atoms with van der Waals surface area (Å²) in [5.74, 6) is -14.6. The molecule has 238 valence electrons. The molecule has 0 aromatic heterocycles. The standard InChI is InChI=1S/C36H24F5NO5/c37-29-30(38)32(40)34(33(41)31(29)39)47-35(43)28-16-22(46-21-14-13-19-7-1-2-8-20(19)15-21)17-42(28)36(44)45-18-27-25-11-5-3-9-23(25)24-10-4-6-12-26(24)27/h1-15,22,27-28H,16-18H2/t22-,28-/m0/s1. The molecule has 1 amide bonds. The zero-order chi connectivity index (χ0) is 32.8. The van der Waals surface area contributed by atoms with Crippen molar-refractivity contribution in [1.29, 1.82) is 0 Å². The van der Waals surface area contributed by atoms with Crippen molar-refractivity contribution in [1.82, 2.24) is 4.90 Å². The third kappa shape index (κ3) is 5.41. The van der Waals surface area contributed by atoms with E-state index in [0.717, 1.165) is 37.9 Å². The third-order valence-corrected chi connectivity index (χ3v) is 8.50. The van der Waals surface area contributed by atoms with Crippen molar-refractivity contribution in [2.75, 3.05) is 13.2 Å². The number of hydrogen-bond acceptors (Lipinski definition) is 5. The van der Waals surface area contributed by atoms with Crippen LogP contribution in [0, 0.1) is 29.1 Å². The number of esters is 1. The average molecular weight is 646 g/mol. The zero-order valence-corrected chi connectivity index (χ0v) is 24.4. The second-order valence-electron chi connectivity index (χ2n) is 11.3. The Hall–Kier alpha value is -5.45.